The van der Waals surface area contributed by atoms with E-state index in [0.717, 1.165) is 16.9 Å². The molecule has 2 fully saturated rings. The molecular weight excluding hydrogens is 596 g/mol. The number of nitrogens with zero attached hydrogens (tertiary/aromatic N) is 6. The Hall–Kier alpha value is -4.25. The first kappa shape index (κ1) is 34.1. The smallest absolute Gasteiger partial charge is 0.410 e. The number of rotatable bonds is 9. The highest BCUT2D eigenvalue weighted by Crippen LogP contribution is 2.28. The third-order valence-corrected chi connectivity index (χ3v) is 8.48. The molecule has 2 atom stereocenters. The highest BCUT2D eigenvalue weighted by atomic mass is 16.6. The Morgan fingerprint density at radius 3 is 2.23 bits per heavy atom. The number of benzene rings is 2. The number of aromatic nitrogens is 3. The first-order valence-corrected chi connectivity index (χ1v) is 16.7. The van der Waals surface area contributed by atoms with Gasteiger partial charge in [-0.2, -0.15) is 0 Å². The predicted octanol–water partition coefficient (Wildman–Crippen LogP) is 4.64. The molecule has 2 aromatic carbocycles. The van der Waals surface area contributed by atoms with Gasteiger partial charge in [0.05, 0.1) is 36.6 Å². The van der Waals surface area contributed by atoms with Crippen molar-refractivity contribution in [3.63, 3.8) is 0 Å². The van der Waals surface area contributed by atoms with Crippen LogP contribution in [0.5, 0.6) is 0 Å². The van der Waals surface area contributed by atoms with Crippen LogP contribution in [0.1, 0.15) is 62.8 Å². The van der Waals surface area contributed by atoms with E-state index in [1.165, 1.54) is 0 Å². The van der Waals surface area contributed by atoms with E-state index in [0.29, 0.717) is 52.1 Å². The Labute approximate surface area is 277 Å². The second-order valence-corrected chi connectivity index (χ2v) is 13.9. The summed E-state index contributed by atoms with van der Waals surface area (Å²) in [6.07, 6.45) is 1.20. The van der Waals surface area contributed by atoms with Crippen LogP contribution in [-0.2, 0) is 27.1 Å². The second kappa shape index (κ2) is 15.1. The van der Waals surface area contributed by atoms with Gasteiger partial charge in [0.1, 0.15) is 5.60 Å². The van der Waals surface area contributed by atoms with E-state index in [1.54, 1.807) is 9.58 Å². The number of carbonyl (C=O) groups excluding carboxylic acids is 3. The van der Waals surface area contributed by atoms with Gasteiger partial charge in [-0.05, 0) is 63.6 Å². The summed E-state index contributed by atoms with van der Waals surface area (Å²) in [6, 6.07) is 19.4. The summed E-state index contributed by atoms with van der Waals surface area (Å²) in [6.45, 7) is 12.5. The van der Waals surface area contributed by atoms with Crippen molar-refractivity contribution in [3.8, 4) is 5.69 Å². The van der Waals surface area contributed by atoms with Gasteiger partial charge in [-0.15, -0.1) is 5.10 Å². The van der Waals surface area contributed by atoms with Crippen molar-refractivity contribution in [2.75, 3.05) is 45.9 Å². The summed E-state index contributed by atoms with van der Waals surface area (Å²) in [5.74, 6) is -0.639. The highest BCUT2D eigenvalue weighted by molar-refractivity contribution is 5.94. The second-order valence-electron chi connectivity index (χ2n) is 13.9. The molecule has 0 radical (unpaired) electrons. The van der Waals surface area contributed by atoms with Gasteiger partial charge < -0.3 is 24.2 Å². The standard InChI is InChI=1S/C36H48N6O5/c1-26(2)23-41(30-22-28(33(43)39-18-20-46-21-19-39)24-40(25-30)35(45)47-36(3,4)5)34(44)32-31(17-16-27-12-8-6-9-13-27)42(38-37-32)29-14-10-7-11-15-29/h6-15,26,28,30H,16-25H2,1-5H3/t28-,30+/m1/s1. The molecule has 0 unspecified atom stereocenters. The first-order valence-electron chi connectivity index (χ1n) is 16.7. The molecule has 5 rings (SSSR count). The molecule has 3 heterocycles. The lowest BCUT2D eigenvalue weighted by Crippen LogP contribution is -2.58. The topological polar surface area (TPSA) is 110 Å². The molecule has 252 valence electrons. The van der Waals surface area contributed by atoms with Crippen LogP contribution < -0.4 is 0 Å². The molecule has 2 aliphatic rings. The normalized spacial score (nSPS) is 18.7. The predicted molar refractivity (Wildman–Crippen MR) is 178 cm³/mol. The van der Waals surface area contributed by atoms with Crippen molar-refractivity contribution in [3.05, 3.63) is 77.6 Å². The summed E-state index contributed by atoms with van der Waals surface area (Å²) in [4.78, 5) is 47.2. The molecule has 0 bridgehead atoms. The van der Waals surface area contributed by atoms with Crippen molar-refractivity contribution in [1.29, 1.82) is 0 Å². The van der Waals surface area contributed by atoms with E-state index >= 15 is 0 Å². The lowest BCUT2D eigenvalue weighted by Gasteiger charge is -2.44. The van der Waals surface area contributed by atoms with Gasteiger partial charge in [0.2, 0.25) is 5.91 Å². The van der Waals surface area contributed by atoms with Crippen LogP contribution >= 0.6 is 0 Å². The lowest BCUT2D eigenvalue weighted by molar-refractivity contribution is -0.142. The maximum atomic E-state index is 14.7. The van der Waals surface area contributed by atoms with Crippen molar-refractivity contribution < 1.29 is 23.9 Å². The fourth-order valence-corrected chi connectivity index (χ4v) is 6.30. The van der Waals surface area contributed by atoms with E-state index in [2.05, 4.69) is 36.3 Å². The zero-order valence-electron chi connectivity index (χ0n) is 28.3. The summed E-state index contributed by atoms with van der Waals surface area (Å²) in [7, 11) is 0. The molecule has 11 heteroatoms. The lowest BCUT2D eigenvalue weighted by atomic mass is 9.91. The van der Waals surface area contributed by atoms with Crippen LogP contribution in [0.2, 0.25) is 0 Å². The number of morpholine rings is 1. The third kappa shape index (κ3) is 8.77. The van der Waals surface area contributed by atoms with Crippen molar-refractivity contribution in [1.82, 2.24) is 29.7 Å². The minimum absolute atomic E-state index is 0.0259. The van der Waals surface area contributed by atoms with Gasteiger partial charge in [-0.3, -0.25) is 9.59 Å². The third-order valence-electron chi connectivity index (χ3n) is 8.48. The molecule has 0 aliphatic carbocycles. The SMILES string of the molecule is CC(C)CN(C(=O)c1nnn(-c2ccccc2)c1CCc1ccccc1)[C@H]1C[C@@H](C(=O)N2CCOCC2)CN(C(=O)OC(C)(C)C)C1. The van der Waals surface area contributed by atoms with Gasteiger partial charge in [0, 0.05) is 32.7 Å². The molecule has 3 aromatic rings. The Morgan fingerprint density at radius 2 is 1.60 bits per heavy atom. The fraction of sp³-hybridized carbons (Fsp3) is 0.528. The minimum atomic E-state index is -0.704. The molecule has 2 saturated heterocycles. The van der Waals surface area contributed by atoms with Crippen LogP contribution in [0.4, 0.5) is 4.79 Å². The summed E-state index contributed by atoms with van der Waals surface area (Å²) < 4.78 is 13.0. The number of hydrogen-bond donors (Lipinski definition) is 0. The zero-order valence-corrected chi connectivity index (χ0v) is 28.3. The summed E-state index contributed by atoms with van der Waals surface area (Å²) >= 11 is 0. The monoisotopic (exact) mass is 644 g/mol. The number of piperidine rings is 1. The number of para-hydroxylation sites is 1. The highest BCUT2D eigenvalue weighted by Gasteiger charge is 2.42. The maximum absolute atomic E-state index is 14.7. The van der Waals surface area contributed by atoms with Crippen LogP contribution in [0, 0.1) is 11.8 Å². The van der Waals surface area contributed by atoms with Gasteiger partial charge in [0.25, 0.3) is 5.91 Å². The Morgan fingerprint density at radius 1 is 0.936 bits per heavy atom. The van der Waals surface area contributed by atoms with Crippen LogP contribution in [0.25, 0.3) is 5.69 Å². The average Bonchev–Trinajstić information content (AvgIpc) is 3.50. The van der Waals surface area contributed by atoms with Gasteiger partial charge in [-0.25, -0.2) is 9.48 Å². The summed E-state index contributed by atoms with van der Waals surface area (Å²) in [5, 5.41) is 8.96. The quantitative estimate of drug-likeness (QED) is 0.334. The minimum Gasteiger partial charge on any atom is -0.444 e. The molecule has 1 aromatic heterocycles. The molecule has 3 amide bonds. The summed E-state index contributed by atoms with van der Waals surface area (Å²) in [5.41, 5.74) is 2.28. The Balaban J connectivity index is 1.49. The Bertz CT molecular complexity index is 1500. The number of carbonyl (C=O) groups is 3. The molecular formula is C36H48N6O5. The number of amides is 3. The van der Waals surface area contributed by atoms with E-state index in [-0.39, 0.29) is 36.5 Å². The van der Waals surface area contributed by atoms with Crippen molar-refractivity contribution in [2.24, 2.45) is 11.8 Å². The van der Waals surface area contributed by atoms with E-state index in [4.69, 9.17) is 9.47 Å². The number of likely N-dealkylation sites (tertiary alicyclic amines) is 1. The molecule has 2 aliphatic heterocycles. The number of ether oxygens (including phenoxy) is 2. The Kier molecular flexibility index (Phi) is 11.0. The van der Waals surface area contributed by atoms with Crippen LogP contribution in [-0.4, -0.2) is 105 Å². The largest absolute Gasteiger partial charge is 0.444 e. The van der Waals surface area contributed by atoms with E-state index in [1.807, 2.05) is 79.1 Å². The van der Waals surface area contributed by atoms with E-state index < -0.39 is 23.7 Å². The molecule has 47 heavy (non-hydrogen) atoms. The number of aryl methyl sites for hydroxylation is 1. The maximum Gasteiger partial charge on any atom is 0.410 e. The fourth-order valence-electron chi connectivity index (χ4n) is 6.30. The van der Waals surface area contributed by atoms with Gasteiger partial charge >= 0.3 is 6.09 Å². The van der Waals surface area contributed by atoms with Gasteiger partial charge in [-0.1, -0.05) is 67.6 Å². The molecule has 0 N–H and O–H groups in total. The number of hydrogen-bond acceptors (Lipinski definition) is 7. The van der Waals surface area contributed by atoms with Crippen LogP contribution in [0.15, 0.2) is 60.7 Å². The molecule has 0 saturated carbocycles. The molecule has 0 spiro atoms. The van der Waals surface area contributed by atoms with E-state index in [9.17, 15) is 14.4 Å². The van der Waals surface area contributed by atoms with Gasteiger partial charge in [0.15, 0.2) is 5.69 Å². The van der Waals surface area contributed by atoms with Crippen molar-refractivity contribution >= 4 is 17.9 Å². The van der Waals surface area contributed by atoms with Crippen molar-refractivity contribution in [2.45, 2.75) is 65.5 Å². The van der Waals surface area contributed by atoms with Crippen LogP contribution in [0.3, 0.4) is 0 Å². The average molecular weight is 645 g/mol. The first-order chi connectivity index (χ1) is 22.5. The molecule has 11 nitrogen and oxygen atoms in total. The zero-order chi connectivity index (χ0) is 33.6.